The Hall–Kier alpha value is -0.900. The summed E-state index contributed by atoms with van der Waals surface area (Å²) >= 11 is 0. The van der Waals surface area contributed by atoms with Crippen molar-refractivity contribution in [3.8, 4) is 0 Å². The number of nitrogens with zero attached hydrogens (tertiary/aromatic N) is 1. The van der Waals surface area contributed by atoms with Crippen LogP contribution < -0.4 is 5.32 Å². The molecule has 3 nitrogen and oxygen atoms in total. The first kappa shape index (κ1) is 13.5. The Balaban J connectivity index is 1.88. The molecule has 0 aromatic heterocycles. The molecule has 1 N–H and O–H groups in total. The molecule has 0 saturated carbocycles. The molecule has 1 heterocycles. The molecule has 3 heteroatoms. The summed E-state index contributed by atoms with van der Waals surface area (Å²) in [6.07, 6.45) is 0. The van der Waals surface area contributed by atoms with Gasteiger partial charge in [0.1, 0.15) is 0 Å². The third-order valence-electron chi connectivity index (χ3n) is 3.71. The Morgan fingerprint density at radius 3 is 2.94 bits per heavy atom. The molecule has 1 aromatic carbocycles. The summed E-state index contributed by atoms with van der Waals surface area (Å²) in [5.41, 5.74) is 2.72. The lowest BCUT2D eigenvalue weighted by Crippen LogP contribution is -2.37. The topological polar surface area (TPSA) is 24.5 Å². The van der Waals surface area contributed by atoms with E-state index in [1.165, 1.54) is 11.1 Å². The highest BCUT2D eigenvalue weighted by Crippen LogP contribution is 2.23. The van der Waals surface area contributed by atoms with E-state index in [9.17, 15) is 0 Å². The molecular formula is C15H24N2O. The molecule has 1 aliphatic rings. The summed E-state index contributed by atoms with van der Waals surface area (Å²) < 4.78 is 5.64. The number of hydrogen-bond donors (Lipinski definition) is 1. The van der Waals surface area contributed by atoms with Crippen molar-refractivity contribution in [2.24, 2.45) is 0 Å². The molecular weight excluding hydrogens is 224 g/mol. The van der Waals surface area contributed by atoms with Crippen LogP contribution in [-0.4, -0.2) is 37.7 Å². The SMILES string of the molecule is CC(C)N(C)CCNC1COCc2ccccc21. The van der Waals surface area contributed by atoms with Crippen molar-refractivity contribution < 1.29 is 4.74 Å². The average molecular weight is 248 g/mol. The van der Waals surface area contributed by atoms with E-state index in [2.05, 4.69) is 55.4 Å². The third kappa shape index (κ3) is 3.31. The average Bonchev–Trinajstić information content (AvgIpc) is 2.38. The van der Waals surface area contributed by atoms with Crippen molar-refractivity contribution in [2.75, 3.05) is 26.7 Å². The minimum absolute atomic E-state index is 0.343. The molecule has 2 rings (SSSR count). The Labute approximate surface area is 110 Å². The lowest BCUT2D eigenvalue weighted by molar-refractivity contribution is 0.0811. The van der Waals surface area contributed by atoms with Crippen LogP contribution >= 0.6 is 0 Å². The Kier molecular flexibility index (Phi) is 4.75. The molecule has 18 heavy (non-hydrogen) atoms. The normalized spacial score (nSPS) is 19.3. The molecule has 0 saturated heterocycles. The van der Waals surface area contributed by atoms with Crippen molar-refractivity contribution in [1.82, 2.24) is 10.2 Å². The second-order valence-electron chi connectivity index (χ2n) is 5.30. The van der Waals surface area contributed by atoms with Gasteiger partial charge in [0, 0.05) is 19.1 Å². The van der Waals surface area contributed by atoms with Gasteiger partial charge in [-0.3, -0.25) is 0 Å². The molecule has 1 atom stereocenters. The first-order valence-corrected chi connectivity index (χ1v) is 6.77. The quantitative estimate of drug-likeness (QED) is 0.864. The van der Waals surface area contributed by atoms with Crippen molar-refractivity contribution in [3.63, 3.8) is 0 Å². The van der Waals surface area contributed by atoms with Crippen LogP contribution in [0.15, 0.2) is 24.3 Å². The lowest BCUT2D eigenvalue weighted by atomic mass is 9.99. The zero-order valence-corrected chi connectivity index (χ0v) is 11.6. The molecule has 100 valence electrons. The molecule has 0 aliphatic carbocycles. The summed E-state index contributed by atoms with van der Waals surface area (Å²) in [7, 11) is 2.16. The monoisotopic (exact) mass is 248 g/mol. The van der Waals surface area contributed by atoms with Crippen LogP contribution in [0.4, 0.5) is 0 Å². The van der Waals surface area contributed by atoms with E-state index in [1.807, 2.05) is 0 Å². The van der Waals surface area contributed by atoms with Crippen LogP contribution in [0.5, 0.6) is 0 Å². The van der Waals surface area contributed by atoms with E-state index in [0.29, 0.717) is 12.1 Å². The lowest BCUT2D eigenvalue weighted by Gasteiger charge is -2.28. The van der Waals surface area contributed by atoms with Crippen LogP contribution in [0.25, 0.3) is 0 Å². The van der Waals surface area contributed by atoms with E-state index < -0.39 is 0 Å². The van der Waals surface area contributed by atoms with Crippen LogP contribution in [0.1, 0.15) is 31.0 Å². The van der Waals surface area contributed by atoms with Gasteiger partial charge in [0.2, 0.25) is 0 Å². The highest BCUT2D eigenvalue weighted by atomic mass is 16.5. The zero-order valence-electron chi connectivity index (χ0n) is 11.6. The van der Waals surface area contributed by atoms with Gasteiger partial charge in [0.05, 0.1) is 19.3 Å². The number of likely N-dealkylation sites (N-methyl/N-ethyl adjacent to an activating group) is 1. The standard InChI is InChI=1S/C15H24N2O/c1-12(2)17(3)9-8-16-15-11-18-10-13-6-4-5-7-14(13)15/h4-7,12,15-16H,8-11H2,1-3H3. The molecule has 0 radical (unpaired) electrons. The smallest absolute Gasteiger partial charge is 0.0721 e. The number of benzene rings is 1. The summed E-state index contributed by atoms with van der Waals surface area (Å²) in [5.74, 6) is 0. The van der Waals surface area contributed by atoms with Crippen molar-refractivity contribution in [3.05, 3.63) is 35.4 Å². The van der Waals surface area contributed by atoms with E-state index >= 15 is 0 Å². The van der Waals surface area contributed by atoms with Gasteiger partial charge < -0.3 is 15.0 Å². The van der Waals surface area contributed by atoms with Gasteiger partial charge in [-0.05, 0) is 32.0 Å². The van der Waals surface area contributed by atoms with Crippen LogP contribution in [0.2, 0.25) is 0 Å². The summed E-state index contributed by atoms with van der Waals surface area (Å²) in [4.78, 5) is 2.35. The fourth-order valence-electron chi connectivity index (χ4n) is 2.22. The van der Waals surface area contributed by atoms with Gasteiger partial charge in [0.25, 0.3) is 0 Å². The van der Waals surface area contributed by atoms with Crippen molar-refractivity contribution in [1.29, 1.82) is 0 Å². The zero-order chi connectivity index (χ0) is 13.0. The van der Waals surface area contributed by atoms with Gasteiger partial charge in [-0.2, -0.15) is 0 Å². The Bertz CT molecular complexity index is 379. The van der Waals surface area contributed by atoms with Crippen LogP contribution in [0, 0.1) is 0 Å². The van der Waals surface area contributed by atoms with Crippen LogP contribution in [-0.2, 0) is 11.3 Å². The largest absolute Gasteiger partial charge is 0.375 e. The molecule has 1 unspecified atom stereocenters. The highest BCUT2D eigenvalue weighted by molar-refractivity contribution is 5.30. The minimum Gasteiger partial charge on any atom is -0.375 e. The second kappa shape index (κ2) is 6.32. The Morgan fingerprint density at radius 1 is 1.39 bits per heavy atom. The minimum atomic E-state index is 0.343. The van der Waals surface area contributed by atoms with E-state index in [0.717, 1.165) is 26.3 Å². The molecule has 0 fully saturated rings. The first-order chi connectivity index (χ1) is 8.68. The van der Waals surface area contributed by atoms with Gasteiger partial charge in [-0.1, -0.05) is 24.3 Å². The predicted octanol–water partition coefficient (Wildman–Crippen LogP) is 2.19. The van der Waals surface area contributed by atoms with Gasteiger partial charge in [-0.15, -0.1) is 0 Å². The summed E-state index contributed by atoms with van der Waals surface area (Å²) in [6.45, 7) is 8.04. The number of rotatable bonds is 5. The molecule has 1 aliphatic heterocycles. The van der Waals surface area contributed by atoms with E-state index in [-0.39, 0.29) is 0 Å². The fraction of sp³-hybridized carbons (Fsp3) is 0.600. The predicted molar refractivity (Wildman–Crippen MR) is 74.6 cm³/mol. The second-order valence-corrected chi connectivity index (χ2v) is 5.30. The summed E-state index contributed by atoms with van der Waals surface area (Å²) in [5, 5.41) is 3.60. The third-order valence-corrected chi connectivity index (χ3v) is 3.71. The number of ether oxygens (including phenoxy) is 1. The number of nitrogens with one attached hydrogen (secondary N) is 1. The molecule has 0 bridgehead atoms. The van der Waals surface area contributed by atoms with E-state index in [4.69, 9.17) is 4.74 Å². The number of fused-ring (bicyclic) bond motifs is 1. The maximum atomic E-state index is 5.64. The van der Waals surface area contributed by atoms with Crippen molar-refractivity contribution >= 4 is 0 Å². The van der Waals surface area contributed by atoms with Crippen LogP contribution in [0.3, 0.4) is 0 Å². The Morgan fingerprint density at radius 2 is 2.17 bits per heavy atom. The number of hydrogen-bond acceptors (Lipinski definition) is 3. The van der Waals surface area contributed by atoms with Gasteiger partial charge >= 0.3 is 0 Å². The first-order valence-electron chi connectivity index (χ1n) is 6.77. The fourth-order valence-corrected chi connectivity index (χ4v) is 2.22. The molecule has 1 aromatic rings. The highest BCUT2D eigenvalue weighted by Gasteiger charge is 2.19. The van der Waals surface area contributed by atoms with Crippen molar-refractivity contribution in [2.45, 2.75) is 32.5 Å². The van der Waals surface area contributed by atoms with Gasteiger partial charge in [0.15, 0.2) is 0 Å². The molecule has 0 amide bonds. The van der Waals surface area contributed by atoms with E-state index in [1.54, 1.807) is 0 Å². The maximum Gasteiger partial charge on any atom is 0.0721 e. The van der Waals surface area contributed by atoms with Gasteiger partial charge in [-0.25, -0.2) is 0 Å². The maximum absolute atomic E-state index is 5.64. The molecule has 0 spiro atoms. The summed E-state index contributed by atoms with van der Waals surface area (Å²) in [6, 6.07) is 9.50.